The fourth-order valence-corrected chi connectivity index (χ4v) is 21.4. The van der Waals surface area contributed by atoms with E-state index in [9.17, 15) is 0 Å². The third-order valence-corrected chi connectivity index (χ3v) is 28.0. The van der Waals surface area contributed by atoms with Gasteiger partial charge < -0.3 is 9.80 Å². The molecule has 22 rings (SSSR count). The summed E-state index contributed by atoms with van der Waals surface area (Å²) in [6.07, 6.45) is 0. The molecule has 18 aromatic carbocycles. The summed E-state index contributed by atoms with van der Waals surface area (Å²) in [7, 11) is 0. The third kappa shape index (κ3) is 13.1. The van der Waals surface area contributed by atoms with Gasteiger partial charge in [-0.3, -0.25) is 0 Å². The Hall–Kier alpha value is -14.4. The summed E-state index contributed by atoms with van der Waals surface area (Å²) in [5, 5.41) is 0. The predicted molar refractivity (Wildman–Crippen MR) is 532 cm³/mol. The molecule has 0 spiro atoms. The molecule has 2 heteroatoms. The van der Waals surface area contributed by atoms with Gasteiger partial charge in [-0.15, -0.1) is 0 Å². The first-order valence-corrected chi connectivity index (χ1v) is 44.6. The zero-order chi connectivity index (χ0) is 86.1. The Labute approximate surface area is 744 Å². The minimum atomic E-state index is -0.533. The van der Waals surface area contributed by atoms with Gasteiger partial charge in [0.25, 0.3) is 0 Å². The van der Waals surface area contributed by atoms with Crippen molar-refractivity contribution in [2.75, 3.05) is 9.80 Å². The first-order valence-electron chi connectivity index (χ1n) is 44.6. The largest absolute Gasteiger partial charge is 0.310 e. The molecule has 0 saturated carbocycles. The number of fused-ring (bicyclic) bond motifs is 12. The first kappa shape index (κ1) is 78.8. The molecule has 18 aromatic rings. The number of rotatable bonds is 14. The average Bonchev–Trinajstić information content (AvgIpc) is 1.53. The van der Waals surface area contributed by atoms with Crippen LogP contribution in [0.15, 0.2) is 400 Å². The van der Waals surface area contributed by atoms with Crippen molar-refractivity contribution in [1.29, 1.82) is 0 Å². The molecular formula is C124H102N2. The molecule has 0 atom stereocenters. The Kier molecular flexibility index (Phi) is 19.3. The van der Waals surface area contributed by atoms with Gasteiger partial charge in [-0.05, 0) is 314 Å². The zero-order valence-corrected chi connectivity index (χ0v) is 74.0. The summed E-state index contributed by atoms with van der Waals surface area (Å²) in [5.74, 6) is 0. The second kappa shape index (κ2) is 30.8. The van der Waals surface area contributed by atoms with E-state index in [1.807, 2.05) is 0 Å². The van der Waals surface area contributed by atoms with Crippen molar-refractivity contribution in [3.05, 3.63) is 512 Å². The lowest BCUT2D eigenvalue weighted by Crippen LogP contribution is -2.29. The average molecular weight is 1620 g/mol. The Morgan fingerprint density at radius 2 is 0.381 bits per heavy atom. The van der Waals surface area contributed by atoms with Gasteiger partial charge in [-0.1, -0.05) is 369 Å². The molecule has 0 bridgehead atoms. The van der Waals surface area contributed by atoms with Crippen LogP contribution in [0.1, 0.15) is 139 Å². The smallest absolute Gasteiger partial charge is 0.0714 e. The van der Waals surface area contributed by atoms with Crippen LogP contribution < -0.4 is 9.80 Å². The van der Waals surface area contributed by atoms with Gasteiger partial charge in [0.1, 0.15) is 0 Å². The number of nitrogens with zero attached hydrogens (tertiary/aromatic N) is 2. The standard InChI is InChI=1S/C76H60.C48H42N2/c1-47-19-29-58(30-20-47)75(59-31-21-48(2)22-32-59)71-44-53(52-15-9-8-10-16-52)24-36-66(71)67-38-28-56(45-72(67)75)54-25-34-62-63-35-26-55(43-69(63)74(6,7)68(62)42-54)57-27-37-65-64-33-23-51(5)41-70(64)76(73(65)46-57,60-17-11-13-49(3)39-60)61-18-12-14-50(4)40-61;1-33-11-19-38(20-12-33)49(39-21-13-34(2)14-22-39)42-27-29-44-45-30-28-43(32-47(45)48(4,5)46(44)31-42)50(40-23-15-35(3)16-24-40)41-25-17-37(18-26-41)36-9-7-6-8-10-36/h8-46H,1-7H3;6-32H,1-5H3. The first-order chi connectivity index (χ1) is 61.2. The van der Waals surface area contributed by atoms with Crippen molar-refractivity contribution in [3.63, 3.8) is 0 Å². The van der Waals surface area contributed by atoms with E-state index in [2.05, 4.69) is 493 Å². The summed E-state index contributed by atoms with van der Waals surface area (Å²) in [6, 6.07) is 151. The fraction of sp³-hybridized carbons (Fsp3) is 0.129. The van der Waals surface area contributed by atoms with E-state index in [0.29, 0.717) is 0 Å². The van der Waals surface area contributed by atoms with Gasteiger partial charge in [0.15, 0.2) is 0 Å². The maximum absolute atomic E-state index is 2.52. The Morgan fingerprint density at radius 1 is 0.151 bits per heavy atom. The van der Waals surface area contributed by atoms with Crippen molar-refractivity contribution < 1.29 is 0 Å². The molecule has 0 aliphatic heterocycles. The topological polar surface area (TPSA) is 6.48 Å². The molecule has 0 unspecified atom stereocenters. The molecule has 0 N–H and O–H groups in total. The lowest BCUT2D eigenvalue weighted by Gasteiger charge is -2.35. The van der Waals surface area contributed by atoms with Crippen molar-refractivity contribution >= 4 is 34.1 Å². The van der Waals surface area contributed by atoms with Crippen LogP contribution in [0.3, 0.4) is 0 Å². The van der Waals surface area contributed by atoms with E-state index in [1.54, 1.807) is 0 Å². The Balaban J connectivity index is 0.000000168. The molecule has 608 valence electrons. The number of hydrogen-bond donors (Lipinski definition) is 0. The van der Waals surface area contributed by atoms with Crippen molar-refractivity contribution in [2.45, 2.75) is 105 Å². The van der Waals surface area contributed by atoms with Gasteiger partial charge in [0, 0.05) is 45.0 Å². The summed E-state index contributed by atoms with van der Waals surface area (Å²) in [6.45, 7) is 27.1. The van der Waals surface area contributed by atoms with E-state index >= 15 is 0 Å². The molecule has 0 fully saturated rings. The maximum Gasteiger partial charge on any atom is 0.0714 e. The highest BCUT2D eigenvalue weighted by Crippen LogP contribution is 2.62. The number of hydrogen-bond acceptors (Lipinski definition) is 2. The van der Waals surface area contributed by atoms with Crippen LogP contribution in [-0.2, 0) is 21.7 Å². The predicted octanol–water partition coefficient (Wildman–Crippen LogP) is 32.8. The van der Waals surface area contributed by atoms with Crippen molar-refractivity contribution in [2.24, 2.45) is 0 Å². The highest BCUT2D eigenvalue weighted by molar-refractivity contribution is 5.95. The third-order valence-electron chi connectivity index (χ3n) is 28.0. The van der Waals surface area contributed by atoms with Gasteiger partial charge in [0.05, 0.1) is 10.8 Å². The minimum absolute atomic E-state index is 0.195. The molecule has 0 aromatic heterocycles. The minimum Gasteiger partial charge on any atom is -0.310 e. The van der Waals surface area contributed by atoms with E-state index in [0.717, 1.165) is 34.1 Å². The molecule has 126 heavy (non-hydrogen) atoms. The monoisotopic (exact) mass is 1620 g/mol. The lowest BCUT2D eigenvalue weighted by molar-refractivity contribution is 0.660. The van der Waals surface area contributed by atoms with Crippen LogP contribution in [-0.4, -0.2) is 0 Å². The molecule has 0 heterocycles. The summed E-state index contributed by atoms with van der Waals surface area (Å²) in [5.41, 5.74) is 51.9. The molecule has 4 aliphatic rings. The van der Waals surface area contributed by atoms with Crippen LogP contribution >= 0.6 is 0 Å². The highest BCUT2D eigenvalue weighted by atomic mass is 15.1. The summed E-state index contributed by atoms with van der Waals surface area (Å²) >= 11 is 0. The van der Waals surface area contributed by atoms with Crippen LogP contribution in [0.4, 0.5) is 34.1 Å². The van der Waals surface area contributed by atoms with E-state index < -0.39 is 10.8 Å². The molecule has 0 saturated heterocycles. The van der Waals surface area contributed by atoms with E-state index in [4.69, 9.17) is 0 Å². The van der Waals surface area contributed by atoms with Gasteiger partial charge in [-0.2, -0.15) is 0 Å². The number of anilines is 6. The molecule has 2 nitrogen and oxygen atoms in total. The van der Waals surface area contributed by atoms with Crippen molar-refractivity contribution in [3.8, 4) is 89.0 Å². The maximum atomic E-state index is 2.52. The quantitative estimate of drug-likeness (QED) is 0.107. The van der Waals surface area contributed by atoms with Crippen molar-refractivity contribution in [1.82, 2.24) is 0 Å². The zero-order valence-electron chi connectivity index (χ0n) is 74.0. The molecule has 0 radical (unpaired) electrons. The Morgan fingerprint density at radius 3 is 0.730 bits per heavy atom. The van der Waals surface area contributed by atoms with Crippen LogP contribution in [0.2, 0.25) is 0 Å². The highest BCUT2D eigenvalue weighted by Gasteiger charge is 2.49. The van der Waals surface area contributed by atoms with Crippen LogP contribution in [0.25, 0.3) is 89.0 Å². The van der Waals surface area contributed by atoms with Crippen LogP contribution in [0, 0.1) is 55.4 Å². The summed E-state index contributed by atoms with van der Waals surface area (Å²) in [4.78, 5) is 4.76. The van der Waals surface area contributed by atoms with E-state index in [1.165, 1.54) is 200 Å². The van der Waals surface area contributed by atoms with E-state index in [-0.39, 0.29) is 10.8 Å². The van der Waals surface area contributed by atoms with Crippen LogP contribution in [0.5, 0.6) is 0 Å². The fourth-order valence-electron chi connectivity index (χ4n) is 21.4. The Bertz CT molecular complexity index is 7150. The van der Waals surface area contributed by atoms with Gasteiger partial charge in [0.2, 0.25) is 0 Å². The van der Waals surface area contributed by atoms with Gasteiger partial charge >= 0.3 is 0 Å². The number of benzene rings is 18. The van der Waals surface area contributed by atoms with Gasteiger partial charge in [-0.25, -0.2) is 0 Å². The lowest BCUT2D eigenvalue weighted by atomic mass is 9.67. The molecule has 0 amide bonds. The molecular weight excluding hydrogens is 1520 g/mol. The number of aryl methyl sites for hydroxylation is 8. The second-order valence-corrected chi connectivity index (χ2v) is 37.0. The SMILES string of the molecule is Cc1ccc(C2(c3ccc(C)cc3)c3cc(-c4ccccc4)ccc3-c3ccc(-c4ccc5c(c4)C(C)(C)c4cc(-c6ccc7c(c6)C(c6cccc(C)c6)(c6cccc(C)c6)c6cc(C)ccc6-7)ccc4-5)cc32)cc1.Cc1ccc(N(c2ccc(C)cc2)c2ccc3c(c2)C(C)(C)c2cc(N(c4ccc(C)cc4)c4ccc(-c5ccccc5)cc4)ccc2-3)cc1. The summed E-state index contributed by atoms with van der Waals surface area (Å²) < 4.78 is 0. The normalized spacial score (nSPS) is 13.8. The second-order valence-electron chi connectivity index (χ2n) is 37.0. The molecule has 4 aliphatic carbocycles.